The van der Waals surface area contributed by atoms with Crippen LogP contribution in [-0.2, 0) is 15.7 Å². The smallest absolute Gasteiger partial charge is 0.394 e. The molecule has 0 aromatic carbocycles. The van der Waals surface area contributed by atoms with Crippen LogP contribution in [0.2, 0.25) is 0 Å². The maximum Gasteiger partial charge on any atom is 0.435 e. The largest absolute Gasteiger partial charge is 0.435 e. The Morgan fingerprint density at radius 3 is 2.64 bits per heavy atom. The molecule has 0 spiro atoms. The Morgan fingerprint density at radius 2 is 2.04 bits per heavy atom. The first-order chi connectivity index (χ1) is 13.3. The van der Waals surface area contributed by atoms with Gasteiger partial charge in [0, 0.05) is 13.1 Å². The van der Waals surface area contributed by atoms with Crippen LogP contribution in [0.1, 0.15) is 23.9 Å². The van der Waals surface area contributed by atoms with E-state index in [4.69, 9.17) is 9.47 Å². The van der Waals surface area contributed by atoms with Gasteiger partial charge >= 0.3 is 6.18 Å². The highest BCUT2D eigenvalue weighted by Gasteiger charge is 2.45. The second-order valence-corrected chi connectivity index (χ2v) is 6.54. The van der Waals surface area contributed by atoms with E-state index in [1.54, 1.807) is 0 Å². The van der Waals surface area contributed by atoms with Gasteiger partial charge in [-0.05, 0) is 0 Å². The summed E-state index contributed by atoms with van der Waals surface area (Å²) in [6, 6.07) is 0. The lowest BCUT2D eigenvalue weighted by molar-refractivity contribution is -0.140. The van der Waals surface area contributed by atoms with E-state index < -0.39 is 54.6 Å². The van der Waals surface area contributed by atoms with Gasteiger partial charge in [0.25, 0.3) is 0 Å². The van der Waals surface area contributed by atoms with Crippen molar-refractivity contribution < 1.29 is 38.0 Å². The van der Waals surface area contributed by atoms with Crippen LogP contribution < -0.4 is 5.32 Å². The molecule has 2 aliphatic rings. The Bertz CT molecular complexity index is 856. The Balaban J connectivity index is 1.83. The van der Waals surface area contributed by atoms with E-state index in [-0.39, 0.29) is 18.0 Å². The second-order valence-electron chi connectivity index (χ2n) is 6.54. The van der Waals surface area contributed by atoms with Crippen molar-refractivity contribution in [2.24, 2.45) is 0 Å². The molecule has 0 bridgehead atoms. The van der Waals surface area contributed by atoms with Gasteiger partial charge in [-0.3, -0.25) is 4.57 Å². The number of aromatic nitrogens is 4. The molecule has 10 nitrogen and oxygen atoms in total. The Labute approximate surface area is 155 Å². The summed E-state index contributed by atoms with van der Waals surface area (Å²) in [4.78, 5) is 11.6. The number of hydrogen-bond acceptors (Lipinski definition) is 9. The molecule has 2 saturated heterocycles. The van der Waals surface area contributed by atoms with Crippen LogP contribution in [0.4, 0.5) is 13.2 Å². The fraction of sp³-hybridized carbons (Fsp3) is 0.667. The van der Waals surface area contributed by atoms with E-state index in [0.29, 0.717) is 13.2 Å². The van der Waals surface area contributed by atoms with Crippen molar-refractivity contribution in [1.29, 1.82) is 0 Å². The third-order valence-corrected chi connectivity index (χ3v) is 4.71. The zero-order chi connectivity index (χ0) is 20.1. The molecule has 0 amide bonds. The quantitative estimate of drug-likeness (QED) is 0.513. The second kappa shape index (κ2) is 7.17. The lowest BCUT2D eigenvalue weighted by atomic mass is 10.1. The molecule has 0 radical (unpaired) electrons. The summed E-state index contributed by atoms with van der Waals surface area (Å²) >= 11 is 0. The van der Waals surface area contributed by atoms with Gasteiger partial charge in [-0.15, -0.1) is 0 Å². The number of nitrogens with one attached hydrogen (secondary N) is 1. The molecule has 1 unspecified atom stereocenters. The number of aliphatic hydroxyl groups excluding tert-OH is 3. The molecular formula is C15H18F3N5O5. The van der Waals surface area contributed by atoms with Crippen molar-refractivity contribution in [3.8, 4) is 0 Å². The predicted octanol–water partition coefficient (Wildman–Crippen LogP) is -0.883. The summed E-state index contributed by atoms with van der Waals surface area (Å²) in [6.07, 6.45) is -9.82. The number of nitrogens with zero attached hydrogens (tertiary/aromatic N) is 4. The molecule has 2 fully saturated rings. The molecular weight excluding hydrogens is 387 g/mol. The molecule has 4 heterocycles. The number of ether oxygens (including phenoxy) is 2. The first-order valence-electron chi connectivity index (χ1n) is 8.57. The van der Waals surface area contributed by atoms with Crippen LogP contribution in [-0.4, -0.2) is 79.5 Å². The molecule has 4 rings (SSSR count). The Hall–Kier alpha value is -1.90. The van der Waals surface area contributed by atoms with Crippen LogP contribution >= 0.6 is 0 Å². The first kappa shape index (κ1) is 19.4. The van der Waals surface area contributed by atoms with Gasteiger partial charge in [0.15, 0.2) is 23.4 Å². The standard InChI is InChI=1S/C15H18F3N5O5/c16-15(17,18)11-8-13(22-12(21-11)6-3-19-1-2-27-6)23(5-20-8)14-10(26)9(25)7(4-24)28-14/h5-7,9-10,14,19,24-26H,1-4H2/t6?,7-,9-,10-,14-/m1/s1. The molecule has 2 aromatic rings. The highest BCUT2D eigenvalue weighted by atomic mass is 19.4. The van der Waals surface area contributed by atoms with Gasteiger partial charge in [0.1, 0.15) is 29.9 Å². The minimum Gasteiger partial charge on any atom is -0.394 e. The van der Waals surface area contributed by atoms with E-state index >= 15 is 0 Å². The van der Waals surface area contributed by atoms with Crippen LogP contribution in [0.5, 0.6) is 0 Å². The van der Waals surface area contributed by atoms with Crippen molar-refractivity contribution in [1.82, 2.24) is 24.8 Å². The van der Waals surface area contributed by atoms with E-state index in [0.717, 1.165) is 10.9 Å². The molecule has 154 valence electrons. The van der Waals surface area contributed by atoms with E-state index in [1.807, 2.05) is 0 Å². The van der Waals surface area contributed by atoms with Crippen molar-refractivity contribution in [2.45, 2.75) is 36.8 Å². The topological polar surface area (TPSA) is 135 Å². The first-order valence-corrected chi connectivity index (χ1v) is 8.57. The lowest BCUT2D eigenvalue weighted by Crippen LogP contribution is -2.34. The maximum absolute atomic E-state index is 13.6. The average Bonchev–Trinajstić information content (AvgIpc) is 3.22. The van der Waals surface area contributed by atoms with Gasteiger partial charge in [-0.25, -0.2) is 15.0 Å². The van der Waals surface area contributed by atoms with E-state index in [9.17, 15) is 28.5 Å². The van der Waals surface area contributed by atoms with Crippen LogP contribution in [0, 0.1) is 0 Å². The van der Waals surface area contributed by atoms with Gasteiger partial charge < -0.3 is 30.1 Å². The van der Waals surface area contributed by atoms with Crippen molar-refractivity contribution >= 4 is 11.2 Å². The molecule has 5 atom stereocenters. The highest BCUT2D eigenvalue weighted by molar-refractivity contribution is 5.74. The zero-order valence-electron chi connectivity index (χ0n) is 14.4. The lowest BCUT2D eigenvalue weighted by Gasteiger charge is -2.23. The predicted molar refractivity (Wildman–Crippen MR) is 84.9 cm³/mol. The summed E-state index contributed by atoms with van der Waals surface area (Å²) in [5.74, 6) is -0.180. The minimum atomic E-state index is -4.79. The molecule has 0 saturated carbocycles. The third kappa shape index (κ3) is 3.23. The monoisotopic (exact) mass is 405 g/mol. The number of morpholine rings is 1. The minimum absolute atomic E-state index is 0.180. The van der Waals surface area contributed by atoms with Gasteiger partial charge in [0.2, 0.25) is 0 Å². The zero-order valence-corrected chi connectivity index (χ0v) is 14.4. The third-order valence-electron chi connectivity index (χ3n) is 4.71. The molecule has 28 heavy (non-hydrogen) atoms. The summed E-state index contributed by atoms with van der Waals surface area (Å²) in [7, 11) is 0. The Morgan fingerprint density at radius 1 is 1.25 bits per heavy atom. The van der Waals surface area contributed by atoms with Crippen molar-refractivity contribution in [2.75, 3.05) is 26.3 Å². The number of imidazole rings is 1. The molecule has 13 heteroatoms. The summed E-state index contributed by atoms with van der Waals surface area (Å²) < 4.78 is 52.6. The van der Waals surface area contributed by atoms with E-state index in [2.05, 4.69) is 20.3 Å². The number of rotatable bonds is 3. The van der Waals surface area contributed by atoms with Crippen LogP contribution in [0.25, 0.3) is 11.2 Å². The average molecular weight is 405 g/mol. The molecule has 0 aliphatic carbocycles. The fourth-order valence-electron chi connectivity index (χ4n) is 3.30. The number of halogens is 3. The van der Waals surface area contributed by atoms with Crippen molar-refractivity contribution in [3.05, 3.63) is 17.8 Å². The molecule has 2 aliphatic heterocycles. The normalized spacial score (nSPS) is 31.6. The van der Waals surface area contributed by atoms with Crippen LogP contribution in [0.3, 0.4) is 0 Å². The van der Waals surface area contributed by atoms with Crippen molar-refractivity contribution in [3.63, 3.8) is 0 Å². The number of aliphatic hydroxyl groups is 3. The summed E-state index contributed by atoms with van der Waals surface area (Å²) in [6.45, 7) is 0.522. The fourth-order valence-corrected chi connectivity index (χ4v) is 3.30. The maximum atomic E-state index is 13.6. The highest BCUT2D eigenvalue weighted by Crippen LogP contribution is 2.36. The summed E-state index contributed by atoms with van der Waals surface area (Å²) in [5.41, 5.74) is -1.97. The molecule has 4 N–H and O–H groups in total. The van der Waals surface area contributed by atoms with E-state index in [1.165, 1.54) is 0 Å². The number of alkyl halides is 3. The van der Waals surface area contributed by atoms with Gasteiger partial charge in [0.05, 0.1) is 19.5 Å². The summed E-state index contributed by atoms with van der Waals surface area (Å²) in [5, 5.41) is 32.4. The molecule has 2 aromatic heterocycles. The SMILES string of the molecule is OC[C@H]1O[C@@H](n2cnc3c(C(F)(F)F)nc(C4CNCCO4)nc32)[C@H](O)[C@@H]1O. The van der Waals surface area contributed by atoms with Gasteiger partial charge in [-0.2, -0.15) is 13.2 Å². The number of fused-ring (bicyclic) bond motifs is 1. The van der Waals surface area contributed by atoms with Crippen LogP contribution in [0.15, 0.2) is 6.33 Å². The van der Waals surface area contributed by atoms with Gasteiger partial charge in [-0.1, -0.05) is 0 Å². The Kier molecular flexibility index (Phi) is 4.97. The number of hydrogen-bond donors (Lipinski definition) is 4.